The van der Waals surface area contributed by atoms with Gasteiger partial charge in [0.2, 0.25) is 6.10 Å². The second kappa shape index (κ2) is 6.53. The standard InChI is InChI=1S/C19H19NO4/c21-19(18-12-23-15-7-3-4-8-16(15)24-18)20-11-17-14-6-2-1-5-13(14)9-10-22-17/h1-8,17-18H,9-12H2,(H,20,21)/t17-,18+/m1/s1. The van der Waals surface area contributed by atoms with Gasteiger partial charge in [-0.05, 0) is 29.7 Å². The summed E-state index contributed by atoms with van der Waals surface area (Å²) in [6.45, 7) is 1.32. The molecule has 0 unspecified atom stereocenters. The molecule has 1 N–H and O–H groups in total. The Morgan fingerprint density at radius 1 is 1.08 bits per heavy atom. The minimum absolute atomic E-state index is 0.115. The Kier molecular flexibility index (Phi) is 4.09. The van der Waals surface area contributed by atoms with E-state index in [4.69, 9.17) is 14.2 Å². The zero-order chi connectivity index (χ0) is 16.4. The Labute approximate surface area is 140 Å². The summed E-state index contributed by atoms with van der Waals surface area (Å²) >= 11 is 0. The second-order valence-electron chi connectivity index (χ2n) is 5.92. The van der Waals surface area contributed by atoms with Crippen LogP contribution in [-0.2, 0) is 16.0 Å². The molecule has 2 aliphatic rings. The van der Waals surface area contributed by atoms with Crippen molar-refractivity contribution in [3.05, 3.63) is 59.7 Å². The number of carbonyl (C=O) groups excluding carboxylic acids is 1. The van der Waals surface area contributed by atoms with E-state index in [1.807, 2.05) is 30.3 Å². The summed E-state index contributed by atoms with van der Waals surface area (Å²) in [6, 6.07) is 15.6. The lowest BCUT2D eigenvalue weighted by Crippen LogP contribution is -2.45. The number of amides is 1. The van der Waals surface area contributed by atoms with E-state index in [0.717, 1.165) is 12.0 Å². The fourth-order valence-electron chi connectivity index (χ4n) is 3.10. The summed E-state index contributed by atoms with van der Waals surface area (Å²) in [5, 5.41) is 2.92. The molecule has 24 heavy (non-hydrogen) atoms. The molecule has 124 valence electrons. The van der Waals surface area contributed by atoms with Crippen LogP contribution in [-0.4, -0.2) is 31.8 Å². The number of carbonyl (C=O) groups is 1. The van der Waals surface area contributed by atoms with Gasteiger partial charge in [0.15, 0.2) is 11.5 Å². The summed E-state index contributed by atoms with van der Waals surface area (Å²) in [4.78, 5) is 12.4. The lowest BCUT2D eigenvalue weighted by molar-refractivity contribution is -0.131. The average molecular weight is 325 g/mol. The van der Waals surface area contributed by atoms with Crippen LogP contribution in [0, 0.1) is 0 Å². The maximum atomic E-state index is 12.4. The van der Waals surface area contributed by atoms with E-state index in [2.05, 4.69) is 17.4 Å². The number of para-hydroxylation sites is 2. The fraction of sp³-hybridized carbons (Fsp3) is 0.316. The van der Waals surface area contributed by atoms with Gasteiger partial charge in [-0.15, -0.1) is 0 Å². The van der Waals surface area contributed by atoms with Crippen molar-refractivity contribution < 1.29 is 19.0 Å². The molecule has 0 bridgehead atoms. The average Bonchev–Trinajstić information content (AvgIpc) is 2.65. The van der Waals surface area contributed by atoms with Gasteiger partial charge in [-0.2, -0.15) is 0 Å². The highest BCUT2D eigenvalue weighted by atomic mass is 16.6. The van der Waals surface area contributed by atoms with Crippen LogP contribution in [0.25, 0.3) is 0 Å². The third kappa shape index (κ3) is 2.95. The molecule has 0 spiro atoms. The van der Waals surface area contributed by atoms with E-state index in [1.165, 1.54) is 5.56 Å². The number of fused-ring (bicyclic) bond motifs is 2. The molecular weight excluding hydrogens is 306 g/mol. The Morgan fingerprint density at radius 2 is 1.88 bits per heavy atom. The number of nitrogens with one attached hydrogen (secondary N) is 1. The molecule has 0 aliphatic carbocycles. The second-order valence-corrected chi connectivity index (χ2v) is 5.92. The SMILES string of the molecule is O=C(NC[C@H]1OCCc2ccccc21)[C@@H]1COc2ccccc2O1. The van der Waals surface area contributed by atoms with Gasteiger partial charge in [0, 0.05) is 6.54 Å². The first-order valence-electron chi connectivity index (χ1n) is 8.17. The van der Waals surface area contributed by atoms with Crippen molar-refractivity contribution in [3.63, 3.8) is 0 Å². The maximum absolute atomic E-state index is 12.4. The first-order valence-corrected chi connectivity index (χ1v) is 8.17. The molecule has 2 aromatic carbocycles. The minimum Gasteiger partial charge on any atom is -0.485 e. The normalized spacial score (nSPS) is 21.7. The van der Waals surface area contributed by atoms with Gasteiger partial charge in [-0.25, -0.2) is 0 Å². The van der Waals surface area contributed by atoms with Gasteiger partial charge in [0.1, 0.15) is 12.7 Å². The molecule has 0 saturated carbocycles. The fourth-order valence-corrected chi connectivity index (χ4v) is 3.10. The summed E-state index contributed by atoms with van der Waals surface area (Å²) in [5.74, 6) is 1.09. The van der Waals surface area contributed by atoms with Crippen molar-refractivity contribution in [3.8, 4) is 11.5 Å². The smallest absolute Gasteiger partial charge is 0.264 e. The van der Waals surface area contributed by atoms with Crippen LogP contribution in [0.4, 0.5) is 0 Å². The molecule has 0 aromatic heterocycles. The topological polar surface area (TPSA) is 56.8 Å². The zero-order valence-electron chi connectivity index (χ0n) is 13.2. The monoisotopic (exact) mass is 325 g/mol. The minimum atomic E-state index is -0.640. The molecule has 0 radical (unpaired) electrons. The Balaban J connectivity index is 1.38. The van der Waals surface area contributed by atoms with Crippen LogP contribution < -0.4 is 14.8 Å². The lowest BCUT2D eigenvalue weighted by Gasteiger charge is -2.28. The number of hydrogen-bond acceptors (Lipinski definition) is 4. The molecule has 2 atom stereocenters. The highest BCUT2D eigenvalue weighted by molar-refractivity contribution is 5.81. The number of ether oxygens (including phenoxy) is 3. The highest BCUT2D eigenvalue weighted by Gasteiger charge is 2.28. The summed E-state index contributed by atoms with van der Waals surface area (Å²) in [6.07, 6.45) is 0.159. The molecule has 2 aliphatic heterocycles. The van der Waals surface area contributed by atoms with Crippen molar-refractivity contribution in [1.29, 1.82) is 0 Å². The number of rotatable bonds is 3. The Bertz CT molecular complexity index is 746. The molecule has 4 rings (SSSR count). The van der Waals surface area contributed by atoms with Crippen molar-refractivity contribution >= 4 is 5.91 Å². The van der Waals surface area contributed by atoms with Crippen LogP contribution >= 0.6 is 0 Å². The van der Waals surface area contributed by atoms with Gasteiger partial charge in [-0.3, -0.25) is 4.79 Å². The molecule has 0 saturated heterocycles. The molecule has 0 fully saturated rings. The van der Waals surface area contributed by atoms with Crippen LogP contribution in [0.15, 0.2) is 48.5 Å². The van der Waals surface area contributed by atoms with E-state index >= 15 is 0 Å². The first-order chi connectivity index (χ1) is 11.8. The van der Waals surface area contributed by atoms with Crippen molar-refractivity contribution in [1.82, 2.24) is 5.32 Å². The molecule has 1 amide bonds. The van der Waals surface area contributed by atoms with Gasteiger partial charge in [0.05, 0.1) is 6.61 Å². The number of hydrogen-bond donors (Lipinski definition) is 1. The Morgan fingerprint density at radius 3 is 2.79 bits per heavy atom. The van der Waals surface area contributed by atoms with E-state index in [1.54, 1.807) is 6.07 Å². The van der Waals surface area contributed by atoms with Crippen molar-refractivity contribution in [2.45, 2.75) is 18.6 Å². The summed E-state index contributed by atoms with van der Waals surface area (Å²) in [5.41, 5.74) is 2.43. The molecule has 5 heteroatoms. The summed E-state index contributed by atoms with van der Waals surface area (Å²) in [7, 11) is 0. The molecule has 5 nitrogen and oxygen atoms in total. The van der Waals surface area contributed by atoms with E-state index in [0.29, 0.717) is 24.7 Å². The molecular formula is C19H19NO4. The summed E-state index contributed by atoms with van der Waals surface area (Å²) < 4.78 is 17.1. The van der Waals surface area contributed by atoms with Gasteiger partial charge < -0.3 is 19.5 Å². The Hall–Kier alpha value is -2.53. The van der Waals surface area contributed by atoms with E-state index in [-0.39, 0.29) is 18.6 Å². The predicted octanol–water partition coefficient (Wildman–Crippen LogP) is 2.26. The predicted molar refractivity (Wildman–Crippen MR) is 88.2 cm³/mol. The maximum Gasteiger partial charge on any atom is 0.264 e. The lowest BCUT2D eigenvalue weighted by atomic mass is 9.97. The largest absolute Gasteiger partial charge is 0.485 e. The van der Waals surface area contributed by atoms with Crippen LogP contribution in [0.1, 0.15) is 17.2 Å². The quantitative estimate of drug-likeness (QED) is 0.940. The van der Waals surface area contributed by atoms with Crippen LogP contribution in [0.3, 0.4) is 0 Å². The van der Waals surface area contributed by atoms with E-state index in [9.17, 15) is 4.79 Å². The van der Waals surface area contributed by atoms with Gasteiger partial charge in [-0.1, -0.05) is 36.4 Å². The first kappa shape index (κ1) is 15.0. The number of benzene rings is 2. The van der Waals surface area contributed by atoms with Gasteiger partial charge in [0.25, 0.3) is 5.91 Å². The van der Waals surface area contributed by atoms with Crippen LogP contribution in [0.2, 0.25) is 0 Å². The van der Waals surface area contributed by atoms with Gasteiger partial charge >= 0.3 is 0 Å². The van der Waals surface area contributed by atoms with E-state index < -0.39 is 6.10 Å². The molecule has 2 aromatic rings. The van der Waals surface area contributed by atoms with Crippen LogP contribution in [0.5, 0.6) is 11.5 Å². The highest BCUT2D eigenvalue weighted by Crippen LogP contribution is 2.31. The third-order valence-electron chi connectivity index (χ3n) is 4.36. The zero-order valence-corrected chi connectivity index (χ0v) is 13.2. The molecule has 2 heterocycles. The van der Waals surface area contributed by atoms with Crippen molar-refractivity contribution in [2.75, 3.05) is 19.8 Å². The van der Waals surface area contributed by atoms with Crippen molar-refractivity contribution in [2.24, 2.45) is 0 Å². The third-order valence-corrected chi connectivity index (χ3v) is 4.36.